The molecule has 112 valence electrons. The van der Waals surface area contributed by atoms with Gasteiger partial charge in [0.2, 0.25) is 0 Å². The second-order valence-corrected chi connectivity index (χ2v) is 5.58. The number of hydrogen-bond acceptors (Lipinski definition) is 4. The van der Waals surface area contributed by atoms with Crippen LogP contribution in [-0.2, 0) is 0 Å². The van der Waals surface area contributed by atoms with E-state index in [2.05, 4.69) is 23.7 Å². The molecule has 5 nitrogen and oxygen atoms in total. The molecule has 0 aromatic carbocycles. The van der Waals surface area contributed by atoms with Gasteiger partial charge in [0, 0.05) is 39.1 Å². The van der Waals surface area contributed by atoms with Gasteiger partial charge in [0.1, 0.15) is 5.69 Å². The lowest BCUT2D eigenvalue weighted by Gasteiger charge is -2.27. The predicted octanol–water partition coefficient (Wildman–Crippen LogP) is 1.59. The lowest BCUT2D eigenvalue weighted by Crippen LogP contribution is -2.30. The summed E-state index contributed by atoms with van der Waals surface area (Å²) in [5.41, 5.74) is 7.12. The van der Waals surface area contributed by atoms with E-state index in [0.717, 1.165) is 25.2 Å². The van der Waals surface area contributed by atoms with Crippen LogP contribution in [0.2, 0.25) is 0 Å². The van der Waals surface area contributed by atoms with Crippen molar-refractivity contribution in [2.75, 3.05) is 38.6 Å². The third kappa shape index (κ3) is 4.81. The highest BCUT2D eigenvalue weighted by molar-refractivity contribution is 5.92. The fraction of sp³-hybridized carbons (Fsp3) is 0.600. The van der Waals surface area contributed by atoms with Crippen LogP contribution in [0.3, 0.4) is 0 Å². The highest BCUT2D eigenvalue weighted by Gasteiger charge is 2.13. The molecule has 1 aromatic rings. The highest BCUT2D eigenvalue weighted by Crippen LogP contribution is 2.17. The van der Waals surface area contributed by atoms with E-state index in [1.54, 1.807) is 25.2 Å². The fourth-order valence-electron chi connectivity index (χ4n) is 2.01. The second-order valence-electron chi connectivity index (χ2n) is 5.58. The van der Waals surface area contributed by atoms with Crippen molar-refractivity contribution in [2.24, 2.45) is 11.7 Å². The Morgan fingerprint density at radius 2 is 2.10 bits per heavy atom. The van der Waals surface area contributed by atoms with Crippen LogP contribution in [0.5, 0.6) is 0 Å². The summed E-state index contributed by atoms with van der Waals surface area (Å²) in [5, 5.41) is 0. The molecule has 0 bridgehead atoms. The van der Waals surface area contributed by atoms with E-state index in [1.807, 2.05) is 12.1 Å². The SMILES string of the molecule is CC(C)CN(CCCN)c1ccnc(C(=O)N(C)C)c1. The molecule has 2 N–H and O–H groups in total. The van der Waals surface area contributed by atoms with E-state index in [0.29, 0.717) is 18.2 Å². The molecular formula is C15H26N4O. The van der Waals surface area contributed by atoms with Gasteiger partial charge >= 0.3 is 0 Å². The molecule has 0 saturated heterocycles. The molecule has 0 radical (unpaired) electrons. The summed E-state index contributed by atoms with van der Waals surface area (Å²) in [7, 11) is 3.47. The van der Waals surface area contributed by atoms with Gasteiger partial charge in [-0.05, 0) is 31.0 Å². The van der Waals surface area contributed by atoms with Crippen molar-refractivity contribution in [2.45, 2.75) is 20.3 Å². The minimum atomic E-state index is -0.0739. The van der Waals surface area contributed by atoms with Crippen LogP contribution in [0.15, 0.2) is 18.3 Å². The number of anilines is 1. The lowest BCUT2D eigenvalue weighted by atomic mass is 10.1. The van der Waals surface area contributed by atoms with Gasteiger partial charge in [0.15, 0.2) is 0 Å². The molecule has 20 heavy (non-hydrogen) atoms. The topological polar surface area (TPSA) is 62.5 Å². The third-order valence-electron chi connectivity index (χ3n) is 2.95. The number of nitrogens with two attached hydrogens (primary N) is 1. The number of amides is 1. The first-order valence-electron chi connectivity index (χ1n) is 7.08. The normalized spacial score (nSPS) is 10.7. The molecule has 0 aliphatic rings. The first-order valence-corrected chi connectivity index (χ1v) is 7.08. The van der Waals surface area contributed by atoms with E-state index >= 15 is 0 Å². The van der Waals surface area contributed by atoms with Crippen LogP contribution in [0, 0.1) is 5.92 Å². The van der Waals surface area contributed by atoms with Gasteiger partial charge in [-0.15, -0.1) is 0 Å². The quantitative estimate of drug-likeness (QED) is 0.823. The van der Waals surface area contributed by atoms with Crippen molar-refractivity contribution in [3.63, 3.8) is 0 Å². The average molecular weight is 278 g/mol. The van der Waals surface area contributed by atoms with Crippen LogP contribution >= 0.6 is 0 Å². The second kappa shape index (κ2) is 7.85. The number of aromatic nitrogens is 1. The van der Waals surface area contributed by atoms with E-state index in [9.17, 15) is 4.79 Å². The van der Waals surface area contributed by atoms with Crippen molar-refractivity contribution < 1.29 is 4.79 Å². The Morgan fingerprint density at radius 1 is 1.40 bits per heavy atom. The van der Waals surface area contributed by atoms with E-state index < -0.39 is 0 Å². The summed E-state index contributed by atoms with van der Waals surface area (Å²) < 4.78 is 0. The maximum atomic E-state index is 12.0. The van der Waals surface area contributed by atoms with Gasteiger partial charge in [0.25, 0.3) is 5.91 Å². The molecule has 5 heteroatoms. The van der Waals surface area contributed by atoms with Gasteiger partial charge < -0.3 is 15.5 Å². The van der Waals surface area contributed by atoms with Crippen LogP contribution in [-0.4, -0.2) is 49.5 Å². The molecule has 0 atom stereocenters. The lowest BCUT2D eigenvalue weighted by molar-refractivity contribution is 0.0822. The molecule has 0 spiro atoms. The summed E-state index contributed by atoms with van der Waals surface area (Å²) in [6.45, 7) is 6.88. The summed E-state index contributed by atoms with van der Waals surface area (Å²) in [6.07, 6.45) is 2.63. The maximum Gasteiger partial charge on any atom is 0.272 e. The number of nitrogens with zero attached hydrogens (tertiary/aromatic N) is 3. The smallest absolute Gasteiger partial charge is 0.272 e. The van der Waals surface area contributed by atoms with Crippen molar-refractivity contribution in [1.82, 2.24) is 9.88 Å². The van der Waals surface area contributed by atoms with Crippen LogP contribution in [0.25, 0.3) is 0 Å². The number of pyridine rings is 1. The Balaban J connectivity index is 2.95. The minimum Gasteiger partial charge on any atom is -0.371 e. The Kier molecular flexibility index (Phi) is 6.45. The number of carbonyl (C=O) groups excluding carboxylic acids is 1. The largest absolute Gasteiger partial charge is 0.371 e. The fourth-order valence-corrected chi connectivity index (χ4v) is 2.01. The van der Waals surface area contributed by atoms with E-state index in [-0.39, 0.29) is 5.91 Å². The molecule has 1 amide bonds. The Bertz CT molecular complexity index is 432. The third-order valence-corrected chi connectivity index (χ3v) is 2.95. The summed E-state index contributed by atoms with van der Waals surface area (Å²) >= 11 is 0. The van der Waals surface area contributed by atoms with Crippen molar-refractivity contribution >= 4 is 11.6 Å². The maximum absolute atomic E-state index is 12.0. The van der Waals surface area contributed by atoms with Gasteiger partial charge in [0.05, 0.1) is 0 Å². The molecule has 0 saturated carbocycles. The zero-order valence-corrected chi connectivity index (χ0v) is 13.0. The summed E-state index contributed by atoms with van der Waals surface area (Å²) in [4.78, 5) is 20.0. The zero-order chi connectivity index (χ0) is 15.1. The Labute approximate surface area is 121 Å². The molecule has 0 unspecified atom stereocenters. The number of rotatable bonds is 7. The molecule has 1 aromatic heterocycles. The number of carbonyl (C=O) groups is 1. The molecular weight excluding hydrogens is 252 g/mol. The van der Waals surface area contributed by atoms with Crippen LogP contribution < -0.4 is 10.6 Å². The first-order chi connectivity index (χ1) is 9.45. The summed E-state index contributed by atoms with van der Waals surface area (Å²) in [6, 6.07) is 3.81. The molecule has 0 aliphatic heterocycles. The van der Waals surface area contributed by atoms with Gasteiger partial charge in [-0.2, -0.15) is 0 Å². The van der Waals surface area contributed by atoms with Crippen LogP contribution in [0.4, 0.5) is 5.69 Å². The first kappa shape index (κ1) is 16.4. The number of hydrogen-bond donors (Lipinski definition) is 1. The molecule has 1 heterocycles. The van der Waals surface area contributed by atoms with E-state index in [1.165, 1.54) is 0 Å². The van der Waals surface area contributed by atoms with Crippen molar-refractivity contribution in [1.29, 1.82) is 0 Å². The Hall–Kier alpha value is -1.62. The van der Waals surface area contributed by atoms with Crippen molar-refractivity contribution in [3.05, 3.63) is 24.0 Å². The Morgan fingerprint density at radius 3 is 2.65 bits per heavy atom. The average Bonchev–Trinajstić information content (AvgIpc) is 2.42. The van der Waals surface area contributed by atoms with Gasteiger partial charge in [-0.25, -0.2) is 0 Å². The van der Waals surface area contributed by atoms with Crippen molar-refractivity contribution in [3.8, 4) is 0 Å². The zero-order valence-electron chi connectivity index (χ0n) is 13.0. The monoisotopic (exact) mass is 278 g/mol. The molecule has 1 rings (SSSR count). The minimum absolute atomic E-state index is 0.0739. The van der Waals surface area contributed by atoms with Crippen LogP contribution in [0.1, 0.15) is 30.8 Å². The molecule has 0 fully saturated rings. The molecule has 0 aliphatic carbocycles. The van der Waals surface area contributed by atoms with E-state index in [4.69, 9.17) is 5.73 Å². The highest BCUT2D eigenvalue weighted by atomic mass is 16.2. The van der Waals surface area contributed by atoms with Gasteiger partial charge in [-0.3, -0.25) is 9.78 Å². The summed E-state index contributed by atoms with van der Waals surface area (Å²) in [5.74, 6) is 0.476. The predicted molar refractivity (Wildman–Crippen MR) is 83.0 cm³/mol. The van der Waals surface area contributed by atoms with Gasteiger partial charge in [-0.1, -0.05) is 13.8 Å². The standard InChI is InChI=1S/C15H26N4O/c1-12(2)11-19(9-5-7-16)13-6-8-17-14(10-13)15(20)18(3)4/h6,8,10,12H,5,7,9,11,16H2,1-4H3.